The number of carbonyl (C=O) groups is 1. The van der Waals surface area contributed by atoms with Gasteiger partial charge in [-0.25, -0.2) is 4.98 Å². The summed E-state index contributed by atoms with van der Waals surface area (Å²) in [4.78, 5) is 15.6. The van der Waals surface area contributed by atoms with E-state index in [1.807, 2.05) is 24.9 Å². The molecule has 0 aromatic carbocycles. The molecule has 0 atom stereocenters. The van der Waals surface area contributed by atoms with E-state index in [2.05, 4.69) is 16.4 Å². The summed E-state index contributed by atoms with van der Waals surface area (Å²) in [5.41, 5.74) is 1.41. The van der Waals surface area contributed by atoms with Crippen LogP contribution in [0.2, 0.25) is 0 Å². The lowest BCUT2D eigenvalue weighted by Gasteiger charge is -2.13. The molecule has 0 amide bonds. The van der Waals surface area contributed by atoms with Gasteiger partial charge in [-0.15, -0.1) is 0 Å². The van der Waals surface area contributed by atoms with Gasteiger partial charge in [0.25, 0.3) is 0 Å². The van der Waals surface area contributed by atoms with Gasteiger partial charge >= 0.3 is 5.97 Å². The summed E-state index contributed by atoms with van der Waals surface area (Å²) in [5.74, 6) is 2.79. The summed E-state index contributed by atoms with van der Waals surface area (Å²) >= 11 is 1.87. The first kappa shape index (κ1) is 14.2. The molecule has 1 heterocycles. The number of ether oxygens (including phenoxy) is 1. The maximum atomic E-state index is 11.3. The van der Waals surface area contributed by atoms with Crippen molar-refractivity contribution in [3.63, 3.8) is 0 Å². The molecule has 0 spiro atoms. The minimum absolute atomic E-state index is 0.0876. The molecule has 0 aliphatic heterocycles. The van der Waals surface area contributed by atoms with E-state index in [9.17, 15) is 4.79 Å². The first-order valence-corrected chi connectivity index (χ1v) is 7.61. The summed E-state index contributed by atoms with van der Waals surface area (Å²) < 4.78 is 4.76. The van der Waals surface area contributed by atoms with Crippen LogP contribution < -0.4 is 5.32 Å². The van der Waals surface area contributed by atoms with Gasteiger partial charge < -0.3 is 10.1 Å². The van der Waals surface area contributed by atoms with Crippen LogP contribution in [0, 0.1) is 5.41 Å². The third-order valence-corrected chi connectivity index (χ3v) is 4.83. The number of rotatable bonds is 7. The van der Waals surface area contributed by atoms with Gasteiger partial charge in [-0.2, -0.15) is 11.8 Å². The van der Waals surface area contributed by atoms with Crippen molar-refractivity contribution in [2.75, 3.05) is 25.2 Å². The monoisotopic (exact) mass is 280 g/mol. The largest absolute Gasteiger partial charge is 0.469 e. The van der Waals surface area contributed by atoms with Crippen molar-refractivity contribution in [2.45, 2.75) is 25.0 Å². The summed E-state index contributed by atoms with van der Waals surface area (Å²) in [5, 5.41) is 3.10. The second-order valence-electron chi connectivity index (χ2n) is 5.01. The number of hydrogen-bond acceptors (Lipinski definition) is 5. The highest BCUT2D eigenvalue weighted by Crippen LogP contribution is 2.51. The molecule has 1 aromatic rings. The fourth-order valence-electron chi connectivity index (χ4n) is 2.08. The molecule has 0 bridgehead atoms. The van der Waals surface area contributed by atoms with Gasteiger partial charge in [0.15, 0.2) is 0 Å². The number of aromatic nitrogens is 1. The Balaban J connectivity index is 1.82. The van der Waals surface area contributed by atoms with E-state index in [1.165, 1.54) is 12.7 Å². The lowest BCUT2D eigenvalue weighted by atomic mass is 10.1. The first-order chi connectivity index (χ1) is 9.19. The van der Waals surface area contributed by atoms with Crippen LogP contribution in [0.4, 0.5) is 5.82 Å². The van der Waals surface area contributed by atoms with Gasteiger partial charge in [-0.3, -0.25) is 4.79 Å². The molecule has 19 heavy (non-hydrogen) atoms. The highest BCUT2D eigenvalue weighted by molar-refractivity contribution is 7.98. The van der Waals surface area contributed by atoms with Crippen molar-refractivity contribution in [3.05, 3.63) is 23.9 Å². The van der Waals surface area contributed by atoms with Crippen molar-refractivity contribution in [3.8, 4) is 0 Å². The second-order valence-corrected chi connectivity index (χ2v) is 5.99. The smallest absolute Gasteiger partial charge is 0.306 e. The predicted molar refractivity (Wildman–Crippen MR) is 78.2 cm³/mol. The average Bonchev–Trinajstić information content (AvgIpc) is 3.19. The lowest BCUT2D eigenvalue weighted by Crippen LogP contribution is -2.13. The van der Waals surface area contributed by atoms with Crippen LogP contribution in [-0.4, -0.2) is 30.9 Å². The molecule has 0 unspecified atom stereocenters. The fraction of sp³-hybridized carbons (Fsp3) is 0.571. The Hall–Kier alpha value is -1.23. The highest BCUT2D eigenvalue weighted by Gasteiger charge is 2.44. The van der Waals surface area contributed by atoms with Crippen LogP contribution in [-0.2, 0) is 15.3 Å². The number of thioether (sulfide) groups is 1. The summed E-state index contributed by atoms with van der Waals surface area (Å²) in [7, 11) is 3.34. The molecule has 1 aliphatic carbocycles. The molecule has 1 saturated carbocycles. The van der Waals surface area contributed by atoms with Crippen molar-refractivity contribution < 1.29 is 9.53 Å². The van der Waals surface area contributed by atoms with Crippen LogP contribution in [0.3, 0.4) is 0 Å². The number of nitrogens with zero attached hydrogens (tertiary/aromatic N) is 1. The van der Waals surface area contributed by atoms with E-state index in [1.54, 1.807) is 6.20 Å². The molecular weight excluding hydrogens is 260 g/mol. The van der Waals surface area contributed by atoms with Gasteiger partial charge in [0.05, 0.1) is 13.5 Å². The standard InChI is InChI=1S/C14H20N2O2S/c1-15-13-11(4-3-7-16-13)9-19-10-14(5-6-14)8-12(17)18-2/h3-4,7H,5-6,8-10H2,1-2H3,(H,15,16). The number of hydrogen-bond donors (Lipinski definition) is 1. The minimum atomic E-state index is -0.0876. The maximum Gasteiger partial charge on any atom is 0.306 e. The van der Waals surface area contributed by atoms with E-state index < -0.39 is 0 Å². The van der Waals surface area contributed by atoms with Crippen LogP contribution in [0.1, 0.15) is 24.8 Å². The molecule has 1 fully saturated rings. The second kappa shape index (κ2) is 6.28. The fourth-order valence-corrected chi connectivity index (χ4v) is 3.46. The zero-order valence-corrected chi connectivity index (χ0v) is 12.3. The van der Waals surface area contributed by atoms with E-state index in [0.29, 0.717) is 6.42 Å². The van der Waals surface area contributed by atoms with E-state index in [0.717, 1.165) is 30.2 Å². The molecule has 0 radical (unpaired) electrons. The number of esters is 1. The normalized spacial score (nSPS) is 15.9. The Labute approximate surface area is 118 Å². The van der Waals surface area contributed by atoms with Crippen molar-refractivity contribution >= 4 is 23.5 Å². The molecule has 0 saturated heterocycles. The Kier molecular flexibility index (Phi) is 4.69. The van der Waals surface area contributed by atoms with Crippen molar-refractivity contribution in [1.82, 2.24) is 4.98 Å². The van der Waals surface area contributed by atoms with Crippen LogP contribution in [0.15, 0.2) is 18.3 Å². The lowest BCUT2D eigenvalue weighted by molar-refractivity contribution is -0.141. The predicted octanol–water partition coefficient (Wildman–Crippen LogP) is 2.70. The van der Waals surface area contributed by atoms with Crippen LogP contribution in [0.25, 0.3) is 0 Å². The number of carbonyl (C=O) groups excluding carboxylic acids is 1. The minimum Gasteiger partial charge on any atom is -0.469 e. The molecule has 4 nitrogen and oxygen atoms in total. The molecule has 5 heteroatoms. The van der Waals surface area contributed by atoms with Crippen molar-refractivity contribution in [2.24, 2.45) is 5.41 Å². The topological polar surface area (TPSA) is 51.2 Å². The summed E-state index contributed by atoms with van der Waals surface area (Å²) in [6.07, 6.45) is 4.63. The van der Waals surface area contributed by atoms with E-state index in [4.69, 9.17) is 4.74 Å². The van der Waals surface area contributed by atoms with Crippen molar-refractivity contribution in [1.29, 1.82) is 0 Å². The van der Waals surface area contributed by atoms with Crippen LogP contribution >= 0.6 is 11.8 Å². The van der Waals surface area contributed by atoms with E-state index in [-0.39, 0.29) is 11.4 Å². The van der Waals surface area contributed by atoms with Gasteiger partial charge in [0, 0.05) is 24.6 Å². The van der Waals surface area contributed by atoms with Gasteiger partial charge in [0.1, 0.15) is 5.82 Å². The van der Waals surface area contributed by atoms with Gasteiger partial charge in [-0.1, -0.05) is 6.07 Å². The Bertz CT molecular complexity index is 447. The van der Waals surface area contributed by atoms with Gasteiger partial charge in [-0.05, 0) is 30.1 Å². The third-order valence-electron chi connectivity index (χ3n) is 3.50. The Morgan fingerprint density at radius 3 is 3.00 bits per heavy atom. The molecule has 104 valence electrons. The summed E-state index contributed by atoms with van der Waals surface area (Å²) in [6.45, 7) is 0. The Morgan fingerprint density at radius 2 is 2.37 bits per heavy atom. The third kappa shape index (κ3) is 3.86. The van der Waals surface area contributed by atoms with Crippen LogP contribution in [0.5, 0.6) is 0 Å². The molecule has 1 aliphatic rings. The summed E-state index contributed by atoms with van der Waals surface area (Å²) in [6, 6.07) is 4.05. The quantitative estimate of drug-likeness (QED) is 0.778. The maximum absolute atomic E-state index is 11.3. The molecule has 1 N–H and O–H groups in total. The average molecular weight is 280 g/mol. The molecule has 1 aromatic heterocycles. The van der Waals surface area contributed by atoms with E-state index >= 15 is 0 Å². The number of methoxy groups -OCH3 is 1. The molecule has 2 rings (SSSR count). The molecular formula is C14H20N2O2S. The number of pyridine rings is 1. The zero-order chi connectivity index (χ0) is 13.7. The highest BCUT2D eigenvalue weighted by atomic mass is 32.2. The number of nitrogens with one attached hydrogen (secondary N) is 1. The zero-order valence-electron chi connectivity index (χ0n) is 11.4. The van der Waals surface area contributed by atoms with Gasteiger partial charge in [0.2, 0.25) is 0 Å². The SMILES string of the molecule is CNc1ncccc1CSCC1(CC(=O)OC)CC1. The Morgan fingerprint density at radius 1 is 1.58 bits per heavy atom. The first-order valence-electron chi connectivity index (χ1n) is 6.45. The number of anilines is 1.